The quantitative estimate of drug-likeness (QED) is 0.114. The molecule has 0 aliphatic heterocycles. The molecule has 230 valence electrons. The van der Waals surface area contributed by atoms with E-state index in [1.165, 1.54) is 32.2 Å². The van der Waals surface area contributed by atoms with Crippen LogP contribution in [-0.2, 0) is 52.5 Å². The highest BCUT2D eigenvalue weighted by molar-refractivity contribution is 5.88. The van der Waals surface area contributed by atoms with Gasteiger partial charge in [0.2, 0.25) is 5.60 Å². The van der Waals surface area contributed by atoms with Crippen molar-refractivity contribution in [2.24, 2.45) is 0 Å². The molecule has 0 bridgehead atoms. The van der Waals surface area contributed by atoms with E-state index in [1.54, 1.807) is 6.07 Å². The first-order chi connectivity index (χ1) is 19.8. The van der Waals surface area contributed by atoms with Crippen LogP contribution in [0, 0.1) is 0 Å². The first-order valence-electron chi connectivity index (χ1n) is 13.3. The molecule has 0 spiro atoms. The number of methoxy groups -OCH3 is 1. The van der Waals surface area contributed by atoms with Crippen molar-refractivity contribution in [3.63, 3.8) is 0 Å². The zero-order valence-electron chi connectivity index (χ0n) is 24.5. The second kappa shape index (κ2) is 15.5. The molecule has 1 saturated carbocycles. The van der Waals surface area contributed by atoms with Gasteiger partial charge in [0, 0.05) is 46.6 Å². The summed E-state index contributed by atoms with van der Waals surface area (Å²) in [6.45, 7) is 6.48. The van der Waals surface area contributed by atoms with E-state index in [4.69, 9.17) is 33.2 Å². The molecule has 0 amide bonds. The van der Waals surface area contributed by atoms with E-state index in [1.807, 2.05) is 6.92 Å². The minimum atomic E-state index is -2.00. The summed E-state index contributed by atoms with van der Waals surface area (Å²) in [5.41, 5.74) is -1.52. The summed E-state index contributed by atoms with van der Waals surface area (Å²) in [5.74, 6) is -4.32. The van der Waals surface area contributed by atoms with E-state index in [9.17, 15) is 28.8 Å². The summed E-state index contributed by atoms with van der Waals surface area (Å²) >= 11 is 0. The molecule has 0 saturated heterocycles. The highest BCUT2D eigenvalue weighted by Gasteiger charge is 2.58. The van der Waals surface area contributed by atoms with Crippen LogP contribution in [0.25, 0.3) is 6.08 Å². The van der Waals surface area contributed by atoms with Crippen LogP contribution in [0.1, 0.15) is 65.9 Å². The Kier molecular flexibility index (Phi) is 12.5. The normalized spacial score (nSPS) is 21.5. The lowest BCUT2D eigenvalue weighted by atomic mass is 9.78. The minimum Gasteiger partial charge on any atom is -0.493 e. The van der Waals surface area contributed by atoms with Gasteiger partial charge in [0.05, 0.1) is 13.7 Å². The van der Waals surface area contributed by atoms with E-state index in [2.05, 4.69) is 0 Å². The zero-order valence-corrected chi connectivity index (χ0v) is 24.5. The molecule has 1 aliphatic carbocycles. The van der Waals surface area contributed by atoms with Crippen LogP contribution in [0.5, 0.6) is 11.5 Å². The molecule has 1 fully saturated rings. The molecule has 1 aromatic carbocycles. The van der Waals surface area contributed by atoms with Crippen molar-refractivity contribution >= 4 is 41.9 Å². The Labute approximate surface area is 243 Å². The third kappa shape index (κ3) is 9.89. The van der Waals surface area contributed by atoms with Crippen LogP contribution in [0.3, 0.4) is 0 Å². The number of rotatable bonds is 12. The molecule has 1 aliphatic rings. The number of benzene rings is 1. The van der Waals surface area contributed by atoms with Crippen LogP contribution >= 0.6 is 0 Å². The maximum atomic E-state index is 13.2. The smallest absolute Gasteiger partial charge is 0.350 e. The Balaban J connectivity index is 2.42. The van der Waals surface area contributed by atoms with Gasteiger partial charge < -0.3 is 33.2 Å². The largest absolute Gasteiger partial charge is 0.493 e. The summed E-state index contributed by atoms with van der Waals surface area (Å²) in [5, 5.41) is 0. The first kappa shape index (κ1) is 33.8. The lowest BCUT2D eigenvalue weighted by Crippen LogP contribution is -2.61. The summed E-state index contributed by atoms with van der Waals surface area (Å²) in [6, 6.07) is 4.55. The third-order valence-electron chi connectivity index (χ3n) is 5.98. The van der Waals surface area contributed by atoms with Gasteiger partial charge in [-0.25, -0.2) is 9.59 Å². The van der Waals surface area contributed by atoms with E-state index in [-0.39, 0.29) is 18.1 Å². The van der Waals surface area contributed by atoms with Crippen molar-refractivity contribution in [3.8, 4) is 11.5 Å². The molecule has 0 radical (unpaired) electrons. The van der Waals surface area contributed by atoms with Crippen molar-refractivity contribution in [2.45, 2.75) is 84.2 Å². The van der Waals surface area contributed by atoms with Crippen LogP contribution in [0.4, 0.5) is 0 Å². The molecule has 0 aromatic heterocycles. The Morgan fingerprint density at radius 3 is 2.05 bits per heavy atom. The standard InChI is InChI=1S/C29H36O13/c1-7-8-13-37-28(35)29(42-20(5)33)15-24(39-18(3)31)27(40-19(4)32)25(16-29)41-26(34)12-10-21-9-11-22(38-17(2)30)23(14-21)36-6/h9-12,14,24-25,27H,7-8,13,15-16H2,1-6H3/b12-10+/t24-,25?,27-,29+/m1/s1. The lowest BCUT2D eigenvalue weighted by molar-refractivity contribution is -0.222. The van der Waals surface area contributed by atoms with Gasteiger partial charge in [-0.05, 0) is 30.2 Å². The number of ether oxygens (including phenoxy) is 7. The Hall–Kier alpha value is -4.42. The molecule has 4 atom stereocenters. The second-order valence-electron chi connectivity index (χ2n) is 9.52. The maximum Gasteiger partial charge on any atom is 0.350 e. The van der Waals surface area contributed by atoms with Gasteiger partial charge in [0.15, 0.2) is 17.6 Å². The molecular weight excluding hydrogens is 556 g/mol. The first-order valence-corrected chi connectivity index (χ1v) is 13.3. The SMILES string of the molecule is CCCCOC(=O)[C@@]1(OC(C)=O)CC(OC(=O)/C=C/c2ccc(OC(C)=O)c(OC)c2)[C@H](OC(C)=O)[C@H](OC(C)=O)C1. The summed E-state index contributed by atoms with van der Waals surface area (Å²) < 4.78 is 37.4. The van der Waals surface area contributed by atoms with Crippen LogP contribution in [0.15, 0.2) is 24.3 Å². The molecule has 0 N–H and O–H groups in total. The maximum absolute atomic E-state index is 13.2. The molecule has 13 heteroatoms. The van der Waals surface area contributed by atoms with Gasteiger partial charge in [0.1, 0.15) is 12.2 Å². The second-order valence-corrected chi connectivity index (χ2v) is 9.52. The van der Waals surface area contributed by atoms with Crippen molar-refractivity contribution in [2.75, 3.05) is 13.7 Å². The number of unbranched alkanes of at least 4 members (excludes halogenated alkanes) is 1. The third-order valence-corrected chi connectivity index (χ3v) is 5.98. The molecular formula is C29H36O13. The Morgan fingerprint density at radius 1 is 0.857 bits per heavy atom. The average Bonchev–Trinajstić information content (AvgIpc) is 2.89. The topological polar surface area (TPSA) is 167 Å². The number of carbonyl (C=O) groups is 6. The molecule has 0 heterocycles. The Morgan fingerprint density at radius 2 is 1.50 bits per heavy atom. The number of esters is 6. The molecule has 42 heavy (non-hydrogen) atoms. The van der Waals surface area contributed by atoms with Gasteiger partial charge in [-0.1, -0.05) is 19.4 Å². The fraction of sp³-hybridized carbons (Fsp3) is 0.517. The van der Waals surface area contributed by atoms with Crippen molar-refractivity contribution in [3.05, 3.63) is 29.8 Å². The predicted molar refractivity (Wildman–Crippen MR) is 144 cm³/mol. The van der Waals surface area contributed by atoms with Crippen LogP contribution in [-0.4, -0.2) is 73.4 Å². The van der Waals surface area contributed by atoms with Gasteiger partial charge >= 0.3 is 35.8 Å². The van der Waals surface area contributed by atoms with E-state index < -0.39 is 72.6 Å². The number of hydrogen-bond acceptors (Lipinski definition) is 13. The average molecular weight is 593 g/mol. The fourth-order valence-electron chi connectivity index (χ4n) is 4.37. The van der Waals surface area contributed by atoms with Gasteiger partial charge in [-0.15, -0.1) is 0 Å². The van der Waals surface area contributed by atoms with Crippen molar-refractivity contribution in [1.29, 1.82) is 0 Å². The number of hydrogen-bond donors (Lipinski definition) is 0. The van der Waals surface area contributed by atoms with E-state index >= 15 is 0 Å². The van der Waals surface area contributed by atoms with Crippen LogP contribution < -0.4 is 9.47 Å². The van der Waals surface area contributed by atoms with Crippen molar-refractivity contribution < 1.29 is 61.9 Å². The van der Waals surface area contributed by atoms with Crippen LogP contribution in [0.2, 0.25) is 0 Å². The highest BCUT2D eigenvalue weighted by atomic mass is 16.6. The molecule has 1 aromatic rings. The number of carbonyl (C=O) groups excluding carboxylic acids is 6. The fourth-order valence-corrected chi connectivity index (χ4v) is 4.37. The lowest BCUT2D eigenvalue weighted by Gasteiger charge is -2.44. The van der Waals surface area contributed by atoms with Gasteiger partial charge in [0.25, 0.3) is 0 Å². The monoisotopic (exact) mass is 592 g/mol. The molecule has 13 nitrogen and oxygen atoms in total. The predicted octanol–water partition coefficient (Wildman–Crippen LogP) is 2.85. The summed E-state index contributed by atoms with van der Waals surface area (Å²) in [7, 11) is 1.38. The van der Waals surface area contributed by atoms with Gasteiger partial charge in [-0.2, -0.15) is 0 Å². The summed E-state index contributed by atoms with van der Waals surface area (Å²) in [6.07, 6.45) is -1.14. The molecule has 2 rings (SSSR count). The summed E-state index contributed by atoms with van der Waals surface area (Å²) in [4.78, 5) is 73.4. The minimum absolute atomic E-state index is 0.0385. The van der Waals surface area contributed by atoms with Crippen molar-refractivity contribution in [1.82, 2.24) is 0 Å². The van der Waals surface area contributed by atoms with E-state index in [0.29, 0.717) is 12.0 Å². The molecule has 1 unspecified atom stereocenters. The zero-order chi connectivity index (χ0) is 31.4. The highest BCUT2D eigenvalue weighted by Crippen LogP contribution is 2.38. The van der Waals surface area contributed by atoms with Gasteiger partial charge in [-0.3, -0.25) is 19.2 Å². The Bertz CT molecular complexity index is 1200. The van der Waals surface area contributed by atoms with E-state index in [0.717, 1.165) is 33.3 Å².